The van der Waals surface area contributed by atoms with Crippen LogP contribution in [0, 0.1) is 13.8 Å². The van der Waals surface area contributed by atoms with Crippen molar-refractivity contribution in [3.63, 3.8) is 0 Å². The number of carbonyl (C=O) groups excluding carboxylic acids is 1. The lowest BCUT2D eigenvalue weighted by atomic mass is 9.94. The van der Waals surface area contributed by atoms with E-state index in [1.165, 1.54) is 0 Å². The summed E-state index contributed by atoms with van der Waals surface area (Å²) in [6, 6.07) is 2.05. The molecule has 142 valence electrons. The Kier molecular flexibility index (Phi) is 3.79. The Morgan fingerprint density at radius 3 is 2.50 bits per heavy atom. The molecule has 7 heteroatoms. The highest BCUT2D eigenvalue weighted by molar-refractivity contribution is 5.77. The fourth-order valence-electron chi connectivity index (χ4n) is 3.98. The van der Waals surface area contributed by atoms with E-state index in [4.69, 9.17) is 14.7 Å². The van der Waals surface area contributed by atoms with Crippen LogP contribution in [-0.4, -0.2) is 31.0 Å². The summed E-state index contributed by atoms with van der Waals surface area (Å²) in [5.74, 6) is 1.96. The fraction of sp³-hybridized carbons (Fsp3) is 0.381. The van der Waals surface area contributed by atoms with Crippen molar-refractivity contribution < 1.29 is 9.53 Å². The number of rotatable bonds is 5. The van der Waals surface area contributed by atoms with E-state index in [1.807, 2.05) is 29.7 Å². The first-order valence-corrected chi connectivity index (χ1v) is 9.57. The predicted octanol–water partition coefficient (Wildman–Crippen LogP) is 3.42. The first kappa shape index (κ1) is 17.0. The van der Waals surface area contributed by atoms with Crippen LogP contribution < -0.4 is 0 Å². The summed E-state index contributed by atoms with van der Waals surface area (Å²) >= 11 is 0. The van der Waals surface area contributed by atoms with Gasteiger partial charge >= 0.3 is 0 Å². The summed E-state index contributed by atoms with van der Waals surface area (Å²) in [5.41, 5.74) is 3.86. The molecule has 0 aromatic carbocycles. The third kappa shape index (κ3) is 2.61. The molecule has 0 saturated heterocycles. The minimum Gasteiger partial charge on any atom is -0.456 e. The molecule has 0 bridgehead atoms. The van der Waals surface area contributed by atoms with Gasteiger partial charge in [0, 0.05) is 42.4 Å². The number of aromatic nitrogens is 5. The molecule has 2 aliphatic carbocycles. The van der Waals surface area contributed by atoms with Gasteiger partial charge in [-0.3, -0.25) is 4.79 Å². The molecule has 0 N–H and O–H groups in total. The average Bonchev–Trinajstić information content (AvgIpc) is 3.29. The maximum atomic E-state index is 11.0. The number of carbonyl (C=O) groups is 1. The molecule has 7 nitrogen and oxygen atoms in total. The highest BCUT2D eigenvalue weighted by atomic mass is 16.5. The molecule has 3 aromatic rings. The van der Waals surface area contributed by atoms with Crippen LogP contribution in [0.5, 0.6) is 0 Å². The van der Waals surface area contributed by atoms with Gasteiger partial charge in [0.1, 0.15) is 16.9 Å². The largest absolute Gasteiger partial charge is 0.456 e. The maximum absolute atomic E-state index is 11.0. The van der Waals surface area contributed by atoms with Gasteiger partial charge in [-0.2, -0.15) is 0 Å². The van der Waals surface area contributed by atoms with Crippen LogP contribution in [0.15, 0.2) is 30.6 Å². The van der Waals surface area contributed by atoms with Gasteiger partial charge in [0.2, 0.25) is 5.95 Å². The average molecular weight is 375 g/mol. The third-order valence-corrected chi connectivity index (χ3v) is 5.60. The van der Waals surface area contributed by atoms with Crippen molar-refractivity contribution in [1.82, 2.24) is 24.5 Å². The van der Waals surface area contributed by atoms with Crippen molar-refractivity contribution in [1.29, 1.82) is 0 Å². The van der Waals surface area contributed by atoms with E-state index in [0.29, 0.717) is 31.2 Å². The zero-order valence-corrected chi connectivity index (χ0v) is 15.9. The van der Waals surface area contributed by atoms with E-state index in [1.54, 1.807) is 12.4 Å². The van der Waals surface area contributed by atoms with E-state index < -0.39 is 5.60 Å². The van der Waals surface area contributed by atoms with Crippen LogP contribution in [0.1, 0.15) is 54.2 Å². The first-order valence-electron chi connectivity index (χ1n) is 9.57. The molecule has 3 aromatic heterocycles. The van der Waals surface area contributed by atoms with Gasteiger partial charge in [-0.1, -0.05) is 12.2 Å². The molecule has 28 heavy (non-hydrogen) atoms. The molecular weight excluding hydrogens is 354 g/mol. The Morgan fingerprint density at radius 2 is 1.86 bits per heavy atom. The number of ether oxygens (including phenoxy) is 1. The molecule has 0 amide bonds. The summed E-state index contributed by atoms with van der Waals surface area (Å²) in [6.07, 6.45) is 11.1. The Bertz CT molecular complexity index is 1090. The molecule has 2 aliphatic rings. The number of imidazole rings is 1. The summed E-state index contributed by atoms with van der Waals surface area (Å²) in [7, 11) is 0. The smallest absolute Gasteiger partial charge is 0.293 e. The number of hydrogen-bond acceptors (Lipinski definition) is 6. The Labute approximate surface area is 162 Å². The number of fused-ring (bicyclic) bond motifs is 1. The quantitative estimate of drug-likeness (QED) is 0.502. The molecule has 1 saturated carbocycles. The molecule has 1 fully saturated rings. The predicted molar refractivity (Wildman–Crippen MR) is 103 cm³/mol. The van der Waals surface area contributed by atoms with Crippen LogP contribution in [0.25, 0.3) is 17.1 Å². The van der Waals surface area contributed by atoms with Gasteiger partial charge in [0.15, 0.2) is 5.65 Å². The molecule has 0 aliphatic heterocycles. The molecule has 0 spiro atoms. The van der Waals surface area contributed by atoms with Crippen molar-refractivity contribution in [2.75, 3.05) is 0 Å². The number of pyridine rings is 1. The van der Waals surface area contributed by atoms with Crippen LogP contribution in [0.3, 0.4) is 0 Å². The van der Waals surface area contributed by atoms with Gasteiger partial charge < -0.3 is 4.74 Å². The Hall–Kier alpha value is -3.09. The SMILES string of the molecule is Cc1cc(C)c2nc(C3CC3)n(-c3ncc(C4(OC=O)CC=CC4)cn3)c2n1. The van der Waals surface area contributed by atoms with E-state index >= 15 is 0 Å². The van der Waals surface area contributed by atoms with Gasteiger partial charge in [0.25, 0.3) is 6.47 Å². The fourth-order valence-corrected chi connectivity index (χ4v) is 3.98. The van der Waals surface area contributed by atoms with Gasteiger partial charge in [-0.25, -0.2) is 24.5 Å². The minimum atomic E-state index is -0.692. The molecule has 3 heterocycles. The number of nitrogens with zero attached hydrogens (tertiary/aromatic N) is 5. The minimum absolute atomic E-state index is 0.431. The summed E-state index contributed by atoms with van der Waals surface area (Å²) in [5, 5.41) is 0. The summed E-state index contributed by atoms with van der Waals surface area (Å²) in [4.78, 5) is 29.9. The summed E-state index contributed by atoms with van der Waals surface area (Å²) in [6.45, 7) is 4.55. The molecule has 5 rings (SSSR count). The van der Waals surface area contributed by atoms with E-state index in [9.17, 15) is 4.79 Å². The van der Waals surface area contributed by atoms with Crippen LogP contribution in [-0.2, 0) is 15.1 Å². The lowest BCUT2D eigenvalue weighted by Gasteiger charge is -2.26. The second kappa shape index (κ2) is 6.22. The lowest BCUT2D eigenvalue weighted by Crippen LogP contribution is -2.26. The lowest BCUT2D eigenvalue weighted by molar-refractivity contribution is -0.143. The molecule has 0 atom stereocenters. The standard InChI is InChI=1S/C21H21N5O2/c1-13-9-14(2)24-19-17(13)25-18(15-5-6-15)26(19)20-22-10-16(11-23-20)21(28-12-27)7-3-4-8-21/h3-4,9-12,15H,5-8H2,1-2H3. The van der Waals surface area contributed by atoms with Gasteiger partial charge in [-0.05, 0) is 38.3 Å². The normalized spacial score (nSPS) is 17.9. The van der Waals surface area contributed by atoms with E-state index in [2.05, 4.69) is 16.9 Å². The summed E-state index contributed by atoms with van der Waals surface area (Å²) < 4.78 is 7.41. The van der Waals surface area contributed by atoms with E-state index in [0.717, 1.165) is 46.7 Å². The van der Waals surface area contributed by atoms with Crippen molar-refractivity contribution >= 4 is 17.6 Å². The third-order valence-electron chi connectivity index (χ3n) is 5.60. The highest BCUT2D eigenvalue weighted by Gasteiger charge is 2.36. The monoisotopic (exact) mass is 375 g/mol. The van der Waals surface area contributed by atoms with Crippen molar-refractivity contribution in [2.45, 2.75) is 51.0 Å². The Morgan fingerprint density at radius 1 is 1.14 bits per heavy atom. The van der Waals surface area contributed by atoms with Crippen molar-refractivity contribution in [2.24, 2.45) is 0 Å². The zero-order chi connectivity index (χ0) is 19.3. The van der Waals surface area contributed by atoms with Gasteiger partial charge in [0.05, 0.1) is 0 Å². The maximum Gasteiger partial charge on any atom is 0.293 e. The van der Waals surface area contributed by atoms with Gasteiger partial charge in [-0.15, -0.1) is 0 Å². The number of aryl methyl sites for hydroxylation is 2. The first-order chi connectivity index (χ1) is 13.6. The van der Waals surface area contributed by atoms with Crippen LogP contribution >= 0.6 is 0 Å². The Balaban J connectivity index is 1.62. The van der Waals surface area contributed by atoms with Crippen LogP contribution in [0.4, 0.5) is 0 Å². The highest BCUT2D eigenvalue weighted by Crippen LogP contribution is 2.42. The van der Waals surface area contributed by atoms with E-state index in [-0.39, 0.29) is 0 Å². The molecule has 0 unspecified atom stereocenters. The second-order valence-corrected chi connectivity index (χ2v) is 7.69. The van der Waals surface area contributed by atoms with Crippen LogP contribution in [0.2, 0.25) is 0 Å². The zero-order valence-electron chi connectivity index (χ0n) is 15.9. The molecule has 0 radical (unpaired) electrons. The second-order valence-electron chi connectivity index (χ2n) is 7.69. The molecular formula is C21H21N5O2. The topological polar surface area (TPSA) is 82.8 Å². The van der Waals surface area contributed by atoms with Crippen molar-refractivity contribution in [3.8, 4) is 5.95 Å². The van der Waals surface area contributed by atoms with Crippen molar-refractivity contribution in [3.05, 3.63) is 53.3 Å². The number of hydrogen-bond donors (Lipinski definition) is 0.